The number of hydrogen-bond acceptors (Lipinski definition) is 2. The zero-order valence-corrected chi connectivity index (χ0v) is 9.79. The zero-order valence-electron chi connectivity index (χ0n) is 9.79. The third-order valence-corrected chi connectivity index (χ3v) is 3.92. The van der Waals surface area contributed by atoms with Crippen LogP contribution in [0, 0.1) is 11.8 Å². The van der Waals surface area contributed by atoms with Crippen LogP contribution in [0.5, 0.6) is 0 Å². The van der Waals surface area contributed by atoms with Gasteiger partial charge in [-0.1, -0.05) is 13.8 Å². The molecule has 0 amide bonds. The lowest BCUT2D eigenvalue weighted by Crippen LogP contribution is -2.39. The number of nitrogens with one attached hydrogen (secondary N) is 1. The average molecular weight is 196 g/mol. The van der Waals surface area contributed by atoms with Gasteiger partial charge >= 0.3 is 0 Å². The van der Waals surface area contributed by atoms with Crippen LogP contribution in [0.3, 0.4) is 0 Å². The van der Waals surface area contributed by atoms with E-state index in [9.17, 15) is 0 Å². The fraction of sp³-hybridized carbons (Fsp3) is 1.00. The number of rotatable bonds is 4. The van der Waals surface area contributed by atoms with Crippen molar-refractivity contribution in [2.45, 2.75) is 45.7 Å². The molecule has 2 fully saturated rings. The van der Waals surface area contributed by atoms with Gasteiger partial charge in [0, 0.05) is 31.7 Å². The van der Waals surface area contributed by atoms with Crippen LogP contribution in [-0.2, 0) is 0 Å². The summed E-state index contributed by atoms with van der Waals surface area (Å²) >= 11 is 0. The molecule has 2 heteroatoms. The molecule has 3 atom stereocenters. The summed E-state index contributed by atoms with van der Waals surface area (Å²) in [4.78, 5) is 2.64. The number of nitrogens with zero attached hydrogens (tertiary/aromatic N) is 1. The Bertz CT molecular complexity index is 179. The first-order chi connectivity index (χ1) is 6.66. The summed E-state index contributed by atoms with van der Waals surface area (Å²) in [5.41, 5.74) is 0. The summed E-state index contributed by atoms with van der Waals surface area (Å²) < 4.78 is 0. The highest BCUT2D eigenvalue weighted by molar-refractivity contribution is 4.86. The molecule has 0 bridgehead atoms. The van der Waals surface area contributed by atoms with Gasteiger partial charge in [-0.15, -0.1) is 0 Å². The Morgan fingerprint density at radius 1 is 1.21 bits per heavy atom. The van der Waals surface area contributed by atoms with Crippen molar-refractivity contribution in [2.75, 3.05) is 19.6 Å². The van der Waals surface area contributed by atoms with Gasteiger partial charge in [-0.25, -0.2) is 0 Å². The van der Waals surface area contributed by atoms with Gasteiger partial charge in [0.2, 0.25) is 0 Å². The van der Waals surface area contributed by atoms with Crippen molar-refractivity contribution >= 4 is 0 Å². The van der Waals surface area contributed by atoms with Crippen LogP contribution >= 0.6 is 0 Å². The van der Waals surface area contributed by atoms with E-state index < -0.39 is 0 Å². The maximum absolute atomic E-state index is 3.62. The predicted octanol–water partition coefficient (Wildman–Crippen LogP) is 1.71. The van der Waals surface area contributed by atoms with E-state index in [2.05, 4.69) is 31.0 Å². The van der Waals surface area contributed by atoms with Crippen LogP contribution in [0.25, 0.3) is 0 Å². The van der Waals surface area contributed by atoms with Crippen molar-refractivity contribution < 1.29 is 0 Å². The lowest BCUT2D eigenvalue weighted by molar-refractivity contribution is 0.241. The molecule has 1 saturated carbocycles. The minimum Gasteiger partial charge on any atom is -0.312 e. The van der Waals surface area contributed by atoms with E-state index in [-0.39, 0.29) is 0 Å². The number of likely N-dealkylation sites (tertiary alicyclic amines) is 1. The lowest BCUT2D eigenvalue weighted by Gasteiger charge is -2.24. The predicted molar refractivity (Wildman–Crippen MR) is 60.4 cm³/mol. The number of hydrogen-bond donors (Lipinski definition) is 1. The third-order valence-electron chi connectivity index (χ3n) is 3.92. The summed E-state index contributed by atoms with van der Waals surface area (Å²) in [6.45, 7) is 10.9. The highest BCUT2D eigenvalue weighted by Crippen LogP contribution is 2.24. The molecule has 0 aromatic heterocycles. The van der Waals surface area contributed by atoms with Gasteiger partial charge in [0.15, 0.2) is 0 Å². The van der Waals surface area contributed by atoms with Gasteiger partial charge in [-0.05, 0) is 31.6 Å². The summed E-state index contributed by atoms with van der Waals surface area (Å²) in [6.07, 6.45) is 2.80. The van der Waals surface area contributed by atoms with Gasteiger partial charge in [0.05, 0.1) is 0 Å². The molecule has 0 aromatic rings. The van der Waals surface area contributed by atoms with Crippen LogP contribution < -0.4 is 5.32 Å². The second kappa shape index (κ2) is 4.19. The monoisotopic (exact) mass is 196 g/mol. The van der Waals surface area contributed by atoms with E-state index in [0.717, 1.165) is 23.9 Å². The maximum atomic E-state index is 3.62. The van der Waals surface area contributed by atoms with Gasteiger partial charge in [-0.2, -0.15) is 0 Å². The fourth-order valence-electron chi connectivity index (χ4n) is 2.29. The largest absolute Gasteiger partial charge is 0.312 e. The first kappa shape index (κ1) is 10.4. The first-order valence-corrected chi connectivity index (χ1v) is 6.14. The van der Waals surface area contributed by atoms with Crippen LogP contribution in [0.15, 0.2) is 0 Å². The van der Waals surface area contributed by atoms with Gasteiger partial charge in [0.1, 0.15) is 0 Å². The summed E-state index contributed by atoms with van der Waals surface area (Å²) in [6, 6.07) is 1.58. The third kappa shape index (κ3) is 2.48. The van der Waals surface area contributed by atoms with Crippen molar-refractivity contribution in [1.82, 2.24) is 10.2 Å². The Morgan fingerprint density at radius 3 is 2.29 bits per heavy atom. The Balaban J connectivity index is 1.71. The van der Waals surface area contributed by atoms with Crippen molar-refractivity contribution in [3.63, 3.8) is 0 Å². The molecular weight excluding hydrogens is 172 g/mol. The summed E-state index contributed by atoms with van der Waals surface area (Å²) in [7, 11) is 0. The van der Waals surface area contributed by atoms with Gasteiger partial charge < -0.3 is 5.32 Å². The van der Waals surface area contributed by atoms with Crippen LogP contribution in [0.4, 0.5) is 0 Å². The van der Waals surface area contributed by atoms with Crippen LogP contribution in [0.2, 0.25) is 0 Å². The molecule has 14 heavy (non-hydrogen) atoms. The van der Waals surface area contributed by atoms with E-state index in [4.69, 9.17) is 0 Å². The molecule has 0 spiro atoms. The zero-order chi connectivity index (χ0) is 10.1. The highest BCUT2D eigenvalue weighted by Gasteiger charge is 2.29. The smallest absolute Gasteiger partial charge is 0.0192 e. The van der Waals surface area contributed by atoms with Crippen LogP contribution in [-0.4, -0.2) is 36.6 Å². The quantitative estimate of drug-likeness (QED) is 0.736. The van der Waals surface area contributed by atoms with Gasteiger partial charge in [0.25, 0.3) is 0 Å². The molecule has 1 aliphatic carbocycles. The molecule has 1 N–H and O–H groups in total. The normalized spacial score (nSPS) is 36.2. The molecule has 82 valence electrons. The molecule has 0 radical (unpaired) electrons. The lowest BCUT2D eigenvalue weighted by atomic mass is 10.0. The van der Waals surface area contributed by atoms with Crippen LogP contribution in [0.1, 0.15) is 33.6 Å². The summed E-state index contributed by atoms with van der Waals surface area (Å²) in [5.74, 6) is 1.77. The maximum Gasteiger partial charge on any atom is 0.0192 e. The summed E-state index contributed by atoms with van der Waals surface area (Å²) in [5, 5.41) is 3.62. The SMILES string of the molecule is CC1CN(C(C)CNC2CC2)CC1C. The van der Waals surface area contributed by atoms with E-state index in [0.29, 0.717) is 0 Å². The Hall–Kier alpha value is -0.0800. The minimum atomic E-state index is 0.725. The Labute approximate surface area is 88.1 Å². The van der Waals surface area contributed by atoms with E-state index in [1.165, 1.54) is 32.5 Å². The Kier molecular flexibility index (Phi) is 3.13. The molecule has 0 aromatic carbocycles. The van der Waals surface area contributed by atoms with Crippen molar-refractivity contribution in [2.24, 2.45) is 11.8 Å². The minimum absolute atomic E-state index is 0.725. The highest BCUT2D eigenvalue weighted by atomic mass is 15.2. The van der Waals surface area contributed by atoms with Crippen molar-refractivity contribution in [3.05, 3.63) is 0 Å². The topological polar surface area (TPSA) is 15.3 Å². The van der Waals surface area contributed by atoms with E-state index in [1.807, 2.05) is 0 Å². The molecule has 1 aliphatic heterocycles. The van der Waals surface area contributed by atoms with E-state index in [1.54, 1.807) is 0 Å². The second-order valence-electron chi connectivity index (χ2n) is 5.44. The molecule has 2 nitrogen and oxygen atoms in total. The van der Waals surface area contributed by atoms with Gasteiger partial charge in [-0.3, -0.25) is 4.90 Å². The van der Waals surface area contributed by atoms with Crippen molar-refractivity contribution in [1.29, 1.82) is 0 Å². The fourth-order valence-corrected chi connectivity index (χ4v) is 2.29. The standard InChI is InChI=1S/C12H24N2/c1-9-7-14(8-10(9)2)11(3)6-13-12-4-5-12/h9-13H,4-8H2,1-3H3. The second-order valence-corrected chi connectivity index (χ2v) is 5.44. The molecule has 2 aliphatic rings. The van der Waals surface area contributed by atoms with Crippen molar-refractivity contribution in [3.8, 4) is 0 Å². The molecule has 3 unspecified atom stereocenters. The molecule has 1 heterocycles. The molecule has 2 rings (SSSR count). The molecular formula is C12H24N2. The Morgan fingerprint density at radius 2 is 1.79 bits per heavy atom. The first-order valence-electron chi connectivity index (χ1n) is 6.14. The molecule has 1 saturated heterocycles. The van der Waals surface area contributed by atoms with E-state index >= 15 is 0 Å². The average Bonchev–Trinajstić information content (AvgIpc) is 2.91.